The van der Waals surface area contributed by atoms with Gasteiger partial charge in [0.15, 0.2) is 0 Å². The molecule has 3 aliphatic rings. The van der Waals surface area contributed by atoms with Crippen LogP contribution in [0.3, 0.4) is 0 Å². The minimum absolute atomic E-state index is 0.0101. The SMILES string of the molecule is CC1CCC(NC(=O)[C@H]2CCCN(S(=O)(=O)c3ccc4c(c3)CCCC(=O)N4)C2)CC1. The topological polar surface area (TPSA) is 95.6 Å². The molecule has 170 valence electrons. The number of nitrogens with zero attached hydrogens (tertiary/aromatic N) is 1. The number of carbonyl (C=O) groups excluding carboxylic acids is 2. The third-order valence-corrected chi connectivity index (χ3v) is 8.82. The second kappa shape index (κ2) is 9.28. The molecule has 1 saturated carbocycles. The summed E-state index contributed by atoms with van der Waals surface area (Å²) >= 11 is 0. The lowest BCUT2D eigenvalue weighted by Gasteiger charge is -2.33. The van der Waals surface area contributed by atoms with Gasteiger partial charge in [0, 0.05) is 31.2 Å². The van der Waals surface area contributed by atoms with Crippen molar-refractivity contribution in [3.05, 3.63) is 23.8 Å². The number of sulfonamides is 1. The molecule has 2 heterocycles. The molecule has 1 aromatic rings. The lowest BCUT2D eigenvalue weighted by atomic mass is 9.87. The van der Waals surface area contributed by atoms with Gasteiger partial charge in [-0.05, 0) is 81.0 Å². The van der Waals surface area contributed by atoms with E-state index in [1.807, 2.05) is 0 Å². The molecule has 0 bridgehead atoms. The Kier molecular flexibility index (Phi) is 6.67. The van der Waals surface area contributed by atoms with Crippen molar-refractivity contribution < 1.29 is 18.0 Å². The molecular formula is C23H33N3O4S. The van der Waals surface area contributed by atoms with Crippen LogP contribution >= 0.6 is 0 Å². The van der Waals surface area contributed by atoms with Crippen molar-refractivity contribution in [3.63, 3.8) is 0 Å². The van der Waals surface area contributed by atoms with Crippen LogP contribution in [0.15, 0.2) is 23.1 Å². The minimum atomic E-state index is -3.69. The third-order valence-electron chi connectivity index (χ3n) is 6.96. The molecule has 1 aliphatic carbocycles. The summed E-state index contributed by atoms with van der Waals surface area (Å²) in [7, 11) is -3.69. The summed E-state index contributed by atoms with van der Waals surface area (Å²) in [5, 5.41) is 6.02. The van der Waals surface area contributed by atoms with Gasteiger partial charge >= 0.3 is 0 Å². The Bertz CT molecular complexity index is 938. The summed E-state index contributed by atoms with van der Waals surface area (Å²) in [5.41, 5.74) is 1.55. The number of hydrogen-bond acceptors (Lipinski definition) is 4. The average Bonchev–Trinajstić information content (AvgIpc) is 2.95. The van der Waals surface area contributed by atoms with Crippen LogP contribution in [-0.2, 0) is 26.0 Å². The molecular weight excluding hydrogens is 414 g/mol. The maximum absolute atomic E-state index is 13.3. The van der Waals surface area contributed by atoms with E-state index in [9.17, 15) is 18.0 Å². The van der Waals surface area contributed by atoms with Crippen molar-refractivity contribution >= 4 is 27.5 Å². The van der Waals surface area contributed by atoms with Crippen LogP contribution in [0.2, 0.25) is 0 Å². The Balaban J connectivity index is 1.44. The monoisotopic (exact) mass is 447 g/mol. The normalized spacial score (nSPS) is 27.6. The molecule has 0 unspecified atom stereocenters. The minimum Gasteiger partial charge on any atom is -0.353 e. The van der Waals surface area contributed by atoms with Crippen LogP contribution in [0.4, 0.5) is 5.69 Å². The van der Waals surface area contributed by atoms with Crippen molar-refractivity contribution in [1.29, 1.82) is 0 Å². The molecule has 2 amide bonds. The standard InChI is InChI=1S/C23H33N3O4S/c1-16-7-9-19(10-8-16)24-23(28)18-5-3-13-26(15-18)31(29,30)20-11-12-21-17(14-20)4-2-6-22(27)25-21/h11-12,14,16,18-19H,2-10,13,15H2,1H3,(H,24,28)(H,25,27)/t16?,18-,19?/m0/s1. The van der Waals surface area contributed by atoms with Gasteiger partial charge in [-0.15, -0.1) is 0 Å². The molecule has 2 N–H and O–H groups in total. The number of anilines is 1. The van der Waals surface area contributed by atoms with Crippen molar-refractivity contribution in [3.8, 4) is 0 Å². The van der Waals surface area contributed by atoms with Crippen molar-refractivity contribution in [1.82, 2.24) is 9.62 Å². The van der Waals surface area contributed by atoms with Crippen LogP contribution < -0.4 is 10.6 Å². The zero-order valence-electron chi connectivity index (χ0n) is 18.2. The van der Waals surface area contributed by atoms with E-state index < -0.39 is 10.0 Å². The summed E-state index contributed by atoms with van der Waals surface area (Å²) in [6.45, 7) is 2.91. The fraction of sp³-hybridized carbons (Fsp3) is 0.652. The number of benzene rings is 1. The van der Waals surface area contributed by atoms with Crippen LogP contribution in [0.1, 0.15) is 63.9 Å². The number of fused-ring (bicyclic) bond motifs is 1. The fourth-order valence-electron chi connectivity index (χ4n) is 4.96. The van der Waals surface area contributed by atoms with Crippen LogP contribution in [-0.4, -0.2) is 43.7 Å². The van der Waals surface area contributed by atoms with Gasteiger partial charge in [0.2, 0.25) is 21.8 Å². The zero-order valence-corrected chi connectivity index (χ0v) is 19.0. The largest absolute Gasteiger partial charge is 0.353 e. The van der Waals surface area contributed by atoms with E-state index >= 15 is 0 Å². The summed E-state index contributed by atoms with van der Waals surface area (Å²) in [4.78, 5) is 24.8. The highest BCUT2D eigenvalue weighted by atomic mass is 32.2. The molecule has 31 heavy (non-hydrogen) atoms. The first-order valence-corrected chi connectivity index (χ1v) is 13.0. The maximum atomic E-state index is 13.3. The Labute approximate surface area is 185 Å². The molecule has 1 atom stereocenters. The highest BCUT2D eigenvalue weighted by Crippen LogP contribution is 2.29. The van der Waals surface area contributed by atoms with Crippen LogP contribution in [0.25, 0.3) is 0 Å². The molecule has 0 aromatic heterocycles. The maximum Gasteiger partial charge on any atom is 0.243 e. The van der Waals surface area contributed by atoms with Crippen molar-refractivity contribution in [2.45, 2.75) is 75.6 Å². The summed E-state index contributed by atoms with van der Waals surface area (Å²) < 4.78 is 28.1. The molecule has 4 rings (SSSR count). The average molecular weight is 448 g/mol. The number of rotatable bonds is 4. The molecule has 2 aliphatic heterocycles. The van der Waals surface area contributed by atoms with Crippen molar-refractivity contribution in [2.24, 2.45) is 11.8 Å². The Morgan fingerprint density at radius 2 is 1.87 bits per heavy atom. The van der Waals surface area contributed by atoms with E-state index in [0.29, 0.717) is 37.9 Å². The molecule has 1 aromatic carbocycles. The highest BCUT2D eigenvalue weighted by molar-refractivity contribution is 7.89. The smallest absolute Gasteiger partial charge is 0.243 e. The highest BCUT2D eigenvalue weighted by Gasteiger charge is 2.34. The van der Waals surface area contributed by atoms with E-state index in [2.05, 4.69) is 17.6 Å². The Morgan fingerprint density at radius 3 is 2.65 bits per heavy atom. The molecule has 8 heteroatoms. The third kappa shape index (κ3) is 5.12. The van der Waals surface area contributed by atoms with Gasteiger partial charge in [-0.3, -0.25) is 9.59 Å². The molecule has 1 saturated heterocycles. The zero-order chi connectivity index (χ0) is 22.0. The predicted octanol–water partition coefficient (Wildman–Crippen LogP) is 3.06. The van der Waals surface area contributed by atoms with E-state index in [4.69, 9.17) is 0 Å². The van der Waals surface area contributed by atoms with Gasteiger partial charge in [-0.2, -0.15) is 4.31 Å². The van der Waals surface area contributed by atoms with Crippen LogP contribution in [0.5, 0.6) is 0 Å². The molecule has 0 radical (unpaired) electrons. The van der Waals surface area contributed by atoms with E-state index in [1.54, 1.807) is 18.2 Å². The molecule has 0 spiro atoms. The summed E-state index contributed by atoms with van der Waals surface area (Å²) in [6.07, 6.45) is 7.50. The van der Waals surface area contributed by atoms with Gasteiger partial charge in [0.25, 0.3) is 0 Å². The number of hydrogen-bond donors (Lipinski definition) is 2. The lowest BCUT2D eigenvalue weighted by molar-refractivity contribution is -0.127. The quantitative estimate of drug-likeness (QED) is 0.742. The van der Waals surface area contributed by atoms with Crippen molar-refractivity contribution in [2.75, 3.05) is 18.4 Å². The summed E-state index contributed by atoms with van der Waals surface area (Å²) in [5.74, 6) is 0.372. The van der Waals surface area contributed by atoms with Gasteiger partial charge in [0.1, 0.15) is 0 Å². The van der Waals surface area contributed by atoms with E-state index in [0.717, 1.165) is 43.6 Å². The van der Waals surface area contributed by atoms with Gasteiger partial charge in [0.05, 0.1) is 10.8 Å². The van der Waals surface area contributed by atoms with Crippen LogP contribution in [0, 0.1) is 11.8 Å². The van der Waals surface area contributed by atoms with Gasteiger partial charge in [-0.1, -0.05) is 6.92 Å². The first-order chi connectivity index (χ1) is 14.8. The summed E-state index contributed by atoms with van der Waals surface area (Å²) in [6, 6.07) is 5.15. The predicted molar refractivity (Wildman–Crippen MR) is 119 cm³/mol. The first-order valence-electron chi connectivity index (χ1n) is 11.6. The number of carbonyl (C=O) groups is 2. The van der Waals surface area contributed by atoms with Gasteiger partial charge in [-0.25, -0.2) is 8.42 Å². The number of piperidine rings is 1. The number of aryl methyl sites for hydroxylation is 1. The first kappa shape index (κ1) is 22.3. The van der Waals surface area contributed by atoms with E-state index in [1.165, 1.54) is 4.31 Å². The number of amides is 2. The molecule has 7 nitrogen and oxygen atoms in total. The Hall–Kier alpha value is -1.93. The molecule has 2 fully saturated rings. The Morgan fingerprint density at radius 1 is 1.10 bits per heavy atom. The van der Waals surface area contributed by atoms with E-state index in [-0.39, 0.29) is 35.2 Å². The second-order valence-electron chi connectivity index (χ2n) is 9.39. The number of nitrogens with one attached hydrogen (secondary N) is 2. The lowest BCUT2D eigenvalue weighted by Crippen LogP contribution is -2.48. The van der Waals surface area contributed by atoms with Gasteiger partial charge < -0.3 is 10.6 Å². The fourth-order valence-corrected chi connectivity index (χ4v) is 6.53. The second-order valence-corrected chi connectivity index (χ2v) is 11.3.